The van der Waals surface area contributed by atoms with Gasteiger partial charge in [-0.05, 0) is 74.2 Å². The van der Waals surface area contributed by atoms with Crippen molar-refractivity contribution in [3.8, 4) is 0 Å². The molecule has 2 unspecified atom stereocenters. The highest BCUT2D eigenvalue weighted by Gasteiger charge is 2.72. The monoisotopic (exact) mass is 372 g/mol. The van der Waals surface area contributed by atoms with Gasteiger partial charge in [0.1, 0.15) is 11.4 Å². The summed E-state index contributed by atoms with van der Waals surface area (Å²) in [6.07, 6.45) is 10.8. The number of furan rings is 1. The number of hydrogen-bond donors (Lipinski definition) is 2. The first-order chi connectivity index (χ1) is 12.7. The zero-order valence-electron chi connectivity index (χ0n) is 16.5. The maximum atomic E-state index is 12.1. The molecule has 27 heavy (non-hydrogen) atoms. The van der Waals surface area contributed by atoms with Crippen molar-refractivity contribution in [2.75, 3.05) is 0 Å². The fourth-order valence-corrected chi connectivity index (χ4v) is 7.99. The summed E-state index contributed by atoms with van der Waals surface area (Å²) < 4.78 is 5.28. The second-order valence-corrected chi connectivity index (χ2v) is 10.4. The van der Waals surface area contributed by atoms with Crippen LogP contribution in [0.5, 0.6) is 0 Å². The Morgan fingerprint density at radius 1 is 1.04 bits per heavy atom. The molecular formula is C23H32O4. The molecule has 2 N–H and O–H groups in total. The Hall–Kier alpha value is -1.13. The molecule has 0 aliphatic heterocycles. The van der Waals surface area contributed by atoms with Gasteiger partial charge in [0.15, 0.2) is 0 Å². The van der Waals surface area contributed by atoms with Crippen LogP contribution in [0.2, 0.25) is 0 Å². The molecule has 7 atom stereocenters. The molecule has 1 aromatic heterocycles. The zero-order valence-corrected chi connectivity index (χ0v) is 16.5. The third-order valence-electron chi connectivity index (χ3n) is 9.81. The number of aliphatic hydroxyl groups is 2. The van der Waals surface area contributed by atoms with Crippen molar-refractivity contribution in [2.24, 2.45) is 28.6 Å². The minimum absolute atomic E-state index is 0.157. The van der Waals surface area contributed by atoms with Crippen LogP contribution in [0, 0.1) is 28.6 Å². The van der Waals surface area contributed by atoms with Gasteiger partial charge in [0.2, 0.25) is 0 Å². The quantitative estimate of drug-likeness (QED) is 0.775. The van der Waals surface area contributed by atoms with Crippen LogP contribution < -0.4 is 0 Å². The van der Waals surface area contributed by atoms with E-state index < -0.39 is 16.6 Å². The molecule has 4 heteroatoms. The second-order valence-electron chi connectivity index (χ2n) is 10.4. The van der Waals surface area contributed by atoms with Gasteiger partial charge in [0.25, 0.3) is 0 Å². The molecule has 4 nitrogen and oxygen atoms in total. The molecule has 0 amide bonds. The Morgan fingerprint density at radius 2 is 1.85 bits per heavy atom. The first kappa shape index (κ1) is 17.9. The van der Waals surface area contributed by atoms with E-state index >= 15 is 0 Å². The molecule has 4 aliphatic rings. The highest BCUT2D eigenvalue weighted by molar-refractivity contribution is 5.79. The Balaban J connectivity index is 1.53. The van der Waals surface area contributed by atoms with E-state index in [0.29, 0.717) is 36.9 Å². The molecule has 0 spiro atoms. The average Bonchev–Trinajstić information content (AvgIpc) is 3.24. The second kappa shape index (κ2) is 5.48. The molecule has 148 valence electrons. The van der Waals surface area contributed by atoms with Crippen molar-refractivity contribution in [2.45, 2.75) is 82.8 Å². The van der Waals surface area contributed by atoms with E-state index in [4.69, 9.17) is 4.42 Å². The van der Waals surface area contributed by atoms with E-state index in [1.54, 1.807) is 12.5 Å². The van der Waals surface area contributed by atoms with Gasteiger partial charge in [-0.25, -0.2) is 0 Å². The van der Waals surface area contributed by atoms with Crippen molar-refractivity contribution in [1.29, 1.82) is 0 Å². The van der Waals surface area contributed by atoms with Gasteiger partial charge in [-0.2, -0.15) is 0 Å². The lowest BCUT2D eigenvalue weighted by Gasteiger charge is -2.63. The Morgan fingerprint density at radius 3 is 2.59 bits per heavy atom. The number of fused-ring (bicyclic) bond motifs is 5. The summed E-state index contributed by atoms with van der Waals surface area (Å²) in [5.74, 6) is 1.56. The van der Waals surface area contributed by atoms with Crippen LogP contribution in [0.15, 0.2) is 23.0 Å². The van der Waals surface area contributed by atoms with Crippen LogP contribution in [0.4, 0.5) is 0 Å². The lowest BCUT2D eigenvalue weighted by atomic mass is 9.43. The van der Waals surface area contributed by atoms with Crippen molar-refractivity contribution in [3.63, 3.8) is 0 Å². The number of rotatable bonds is 1. The Kier molecular flexibility index (Phi) is 3.64. The molecule has 1 heterocycles. The number of carbonyl (C=O) groups excluding carboxylic acids is 1. The van der Waals surface area contributed by atoms with Crippen molar-refractivity contribution < 1.29 is 19.4 Å². The summed E-state index contributed by atoms with van der Waals surface area (Å²) in [5, 5.41) is 23.8. The van der Waals surface area contributed by atoms with E-state index in [9.17, 15) is 15.0 Å². The topological polar surface area (TPSA) is 70.7 Å². The summed E-state index contributed by atoms with van der Waals surface area (Å²) in [6, 6.07) is 1.86. The fraction of sp³-hybridized carbons (Fsp3) is 0.783. The first-order valence-electron chi connectivity index (χ1n) is 10.7. The normalized spacial score (nSPS) is 52.1. The van der Waals surface area contributed by atoms with Crippen molar-refractivity contribution in [3.05, 3.63) is 24.2 Å². The molecule has 0 aromatic carbocycles. The summed E-state index contributed by atoms with van der Waals surface area (Å²) in [5.41, 5.74) is -1.47. The van der Waals surface area contributed by atoms with E-state index in [-0.39, 0.29) is 11.3 Å². The smallest absolute Gasteiger partial charge is 0.133 e. The molecule has 0 bridgehead atoms. The maximum absolute atomic E-state index is 12.1. The van der Waals surface area contributed by atoms with Gasteiger partial charge in [-0.15, -0.1) is 0 Å². The predicted octanol–water partition coefficient (Wildman–Crippen LogP) is 4.19. The van der Waals surface area contributed by atoms with Crippen LogP contribution in [0.1, 0.15) is 77.2 Å². The molecule has 5 rings (SSSR count). The number of ketones is 1. The fourth-order valence-electron chi connectivity index (χ4n) is 7.99. The minimum Gasteiger partial charge on any atom is -0.472 e. The largest absolute Gasteiger partial charge is 0.472 e. The number of hydrogen-bond acceptors (Lipinski definition) is 4. The minimum atomic E-state index is -1.03. The van der Waals surface area contributed by atoms with Gasteiger partial charge in [0.05, 0.1) is 18.1 Å². The number of carbonyl (C=O) groups is 1. The molecule has 1 aromatic rings. The van der Waals surface area contributed by atoms with Crippen molar-refractivity contribution in [1.82, 2.24) is 0 Å². The first-order valence-corrected chi connectivity index (χ1v) is 10.7. The van der Waals surface area contributed by atoms with Gasteiger partial charge >= 0.3 is 0 Å². The van der Waals surface area contributed by atoms with E-state index in [0.717, 1.165) is 44.1 Å². The van der Waals surface area contributed by atoms with Crippen LogP contribution in [-0.4, -0.2) is 21.6 Å². The Bertz CT molecular complexity index is 756. The molecule has 4 saturated carbocycles. The standard InChI is InChI=1S/C23H32O4/c1-20-8-5-17(24)13-15(20)3-4-19-18(20)6-9-21(2)22(25,10-11-23(19,21)26)16-7-12-27-14-16/h7,12,14-15,18-19,25-26H,3-6,8-11,13H2,1-2H3/t15-,18?,19?,20+,21-,22+,23+/m1/s1. The van der Waals surface area contributed by atoms with Crippen molar-refractivity contribution >= 4 is 5.78 Å². The molecule has 4 aliphatic carbocycles. The summed E-state index contributed by atoms with van der Waals surface area (Å²) >= 11 is 0. The van der Waals surface area contributed by atoms with Crippen LogP contribution in [0.3, 0.4) is 0 Å². The molecule has 4 fully saturated rings. The lowest BCUT2D eigenvalue weighted by molar-refractivity contribution is -0.235. The summed E-state index contributed by atoms with van der Waals surface area (Å²) in [7, 11) is 0. The van der Waals surface area contributed by atoms with Gasteiger partial charge in [-0.3, -0.25) is 4.79 Å². The SMILES string of the molecule is C[C@]12CCC3C(CC[C@@H]4CC(=O)CC[C@]34C)[C@@]1(O)CC[C@]2(O)c1ccoc1. The van der Waals surface area contributed by atoms with Gasteiger partial charge in [0, 0.05) is 23.8 Å². The third kappa shape index (κ3) is 2.04. The van der Waals surface area contributed by atoms with Gasteiger partial charge < -0.3 is 14.6 Å². The third-order valence-corrected chi connectivity index (χ3v) is 9.81. The van der Waals surface area contributed by atoms with E-state index in [1.165, 1.54) is 0 Å². The molecule has 0 saturated heterocycles. The van der Waals surface area contributed by atoms with Crippen LogP contribution in [0.25, 0.3) is 0 Å². The average molecular weight is 373 g/mol. The summed E-state index contributed by atoms with van der Waals surface area (Å²) in [4.78, 5) is 12.0. The molecular weight excluding hydrogens is 340 g/mol. The van der Waals surface area contributed by atoms with E-state index in [1.807, 2.05) is 6.07 Å². The summed E-state index contributed by atoms with van der Waals surface area (Å²) in [6.45, 7) is 4.48. The Labute approximate surface area is 161 Å². The highest BCUT2D eigenvalue weighted by Crippen LogP contribution is 2.71. The van der Waals surface area contributed by atoms with Crippen LogP contribution >= 0.6 is 0 Å². The maximum Gasteiger partial charge on any atom is 0.133 e. The van der Waals surface area contributed by atoms with E-state index in [2.05, 4.69) is 13.8 Å². The highest BCUT2D eigenvalue weighted by atomic mass is 16.3. The van der Waals surface area contributed by atoms with Crippen LogP contribution in [-0.2, 0) is 10.4 Å². The number of Topliss-reactive ketones (excluding diaryl/α,β-unsaturated/α-hetero) is 1. The lowest BCUT2D eigenvalue weighted by Crippen LogP contribution is -2.64. The van der Waals surface area contributed by atoms with Gasteiger partial charge in [-0.1, -0.05) is 13.8 Å². The molecule has 0 radical (unpaired) electrons. The predicted molar refractivity (Wildman–Crippen MR) is 101 cm³/mol. The zero-order chi connectivity index (χ0) is 19.1.